The Morgan fingerprint density at radius 3 is 1.53 bits per heavy atom. The summed E-state index contributed by atoms with van der Waals surface area (Å²) >= 11 is 0. The van der Waals surface area contributed by atoms with E-state index in [9.17, 15) is 0 Å². The summed E-state index contributed by atoms with van der Waals surface area (Å²) in [6.45, 7) is 2.12. The SMILES string of the molecule is Cc1cccc2c1oc1c(-c3ccc(N(c4ccc5c(c4)C4(c6ccccc6-c6ccccc64)c4ccccc4-5)c4ccccc4-c4ccccc4)cc3)cccc12. The number of fused-ring (bicyclic) bond motifs is 13. The molecule has 0 saturated carbocycles. The van der Waals surface area contributed by atoms with Crippen LogP contribution >= 0.6 is 0 Å². The third kappa shape index (κ3) is 4.54. The molecule has 0 bridgehead atoms. The Hall–Kier alpha value is -7.42. The van der Waals surface area contributed by atoms with Crippen molar-refractivity contribution in [2.45, 2.75) is 12.3 Å². The van der Waals surface area contributed by atoms with Crippen molar-refractivity contribution < 1.29 is 4.42 Å². The van der Waals surface area contributed by atoms with E-state index in [-0.39, 0.29) is 0 Å². The fourth-order valence-corrected chi connectivity index (χ4v) is 10.2. The monoisotopic (exact) mass is 739 g/mol. The van der Waals surface area contributed by atoms with Crippen molar-refractivity contribution in [3.05, 3.63) is 234 Å². The molecule has 12 rings (SSSR count). The topological polar surface area (TPSA) is 16.4 Å². The normalized spacial score (nSPS) is 13.1. The number of hydrogen-bond acceptors (Lipinski definition) is 2. The van der Waals surface area contributed by atoms with E-state index in [1.807, 2.05) is 0 Å². The molecule has 0 atom stereocenters. The average Bonchev–Trinajstić information content (AvgIpc) is 3.92. The van der Waals surface area contributed by atoms with Crippen molar-refractivity contribution in [3.63, 3.8) is 0 Å². The third-order valence-corrected chi connectivity index (χ3v) is 12.6. The molecule has 10 aromatic rings. The second-order valence-corrected chi connectivity index (χ2v) is 15.6. The van der Waals surface area contributed by atoms with E-state index in [0.29, 0.717) is 0 Å². The van der Waals surface area contributed by atoms with Crippen LogP contribution in [0.25, 0.3) is 66.4 Å². The molecule has 0 radical (unpaired) electrons. The Bertz CT molecular complexity index is 3180. The average molecular weight is 740 g/mol. The summed E-state index contributed by atoms with van der Waals surface area (Å²) in [4.78, 5) is 2.45. The maximum absolute atomic E-state index is 6.60. The fourth-order valence-electron chi connectivity index (χ4n) is 10.2. The highest BCUT2D eigenvalue weighted by atomic mass is 16.3. The zero-order chi connectivity index (χ0) is 38.4. The molecule has 0 amide bonds. The van der Waals surface area contributed by atoms with Crippen LogP contribution in [0.1, 0.15) is 27.8 Å². The minimum atomic E-state index is -0.437. The molecule has 2 aliphatic rings. The predicted molar refractivity (Wildman–Crippen MR) is 240 cm³/mol. The first-order valence-corrected chi connectivity index (χ1v) is 20.1. The van der Waals surface area contributed by atoms with Crippen LogP contribution in [-0.2, 0) is 5.41 Å². The van der Waals surface area contributed by atoms with Gasteiger partial charge in [-0.1, -0.05) is 176 Å². The molecule has 272 valence electrons. The smallest absolute Gasteiger partial charge is 0.143 e. The van der Waals surface area contributed by atoms with Gasteiger partial charge in [0, 0.05) is 33.3 Å². The first kappa shape index (κ1) is 32.8. The summed E-state index contributed by atoms with van der Waals surface area (Å²) in [6, 6.07) is 75.6. The molecule has 1 aromatic heterocycles. The first-order chi connectivity index (χ1) is 28.7. The van der Waals surface area contributed by atoms with Gasteiger partial charge in [0.2, 0.25) is 0 Å². The number of hydrogen-bond donors (Lipinski definition) is 0. The van der Waals surface area contributed by atoms with E-state index >= 15 is 0 Å². The van der Waals surface area contributed by atoms with Gasteiger partial charge in [-0.3, -0.25) is 0 Å². The fraction of sp³-hybridized carbons (Fsp3) is 0.0357. The minimum absolute atomic E-state index is 0.437. The molecule has 2 nitrogen and oxygen atoms in total. The van der Waals surface area contributed by atoms with E-state index < -0.39 is 5.41 Å². The molecule has 2 heteroatoms. The number of para-hydroxylation sites is 3. The summed E-state index contributed by atoms with van der Waals surface area (Å²) in [5, 5.41) is 2.29. The summed E-state index contributed by atoms with van der Waals surface area (Å²) in [6.07, 6.45) is 0. The van der Waals surface area contributed by atoms with Crippen molar-refractivity contribution in [1.82, 2.24) is 0 Å². The standard InChI is InChI=1S/C56H37NO/c1-36-15-13-23-47-48-24-14-22-42(55(48)58-54(36)47)38-29-31-39(32-30-38)57(53-28-12-8-18-41(53)37-16-3-2-4-17-37)40-33-34-46-45-21-7-11-27-51(45)56(52(46)35-40)49-25-9-5-19-43(49)44-20-6-10-26-50(44)56/h2-35H,1H3. The molecule has 58 heavy (non-hydrogen) atoms. The van der Waals surface area contributed by atoms with Gasteiger partial charge in [-0.05, 0) is 98.5 Å². The summed E-state index contributed by atoms with van der Waals surface area (Å²) < 4.78 is 6.60. The maximum Gasteiger partial charge on any atom is 0.143 e. The highest BCUT2D eigenvalue weighted by molar-refractivity contribution is 6.10. The van der Waals surface area contributed by atoms with Gasteiger partial charge in [0.15, 0.2) is 0 Å². The van der Waals surface area contributed by atoms with Crippen LogP contribution in [0, 0.1) is 6.92 Å². The van der Waals surface area contributed by atoms with Crippen molar-refractivity contribution in [2.24, 2.45) is 0 Å². The first-order valence-electron chi connectivity index (χ1n) is 20.1. The largest absolute Gasteiger partial charge is 0.455 e. The van der Waals surface area contributed by atoms with Crippen LogP contribution in [0.5, 0.6) is 0 Å². The van der Waals surface area contributed by atoms with Gasteiger partial charge in [-0.25, -0.2) is 0 Å². The predicted octanol–water partition coefficient (Wildman–Crippen LogP) is 15.0. The highest BCUT2D eigenvalue weighted by Gasteiger charge is 2.51. The Morgan fingerprint density at radius 1 is 0.362 bits per heavy atom. The summed E-state index contributed by atoms with van der Waals surface area (Å²) in [5.41, 5.74) is 21.0. The van der Waals surface area contributed by atoms with Crippen LogP contribution in [-0.4, -0.2) is 0 Å². The third-order valence-electron chi connectivity index (χ3n) is 12.6. The van der Waals surface area contributed by atoms with Gasteiger partial charge < -0.3 is 9.32 Å². The van der Waals surface area contributed by atoms with Crippen LogP contribution in [0.3, 0.4) is 0 Å². The van der Waals surface area contributed by atoms with E-state index in [1.54, 1.807) is 0 Å². The lowest BCUT2D eigenvalue weighted by atomic mass is 9.70. The van der Waals surface area contributed by atoms with Crippen LogP contribution in [0.2, 0.25) is 0 Å². The van der Waals surface area contributed by atoms with Gasteiger partial charge in [0.1, 0.15) is 11.2 Å². The number of nitrogens with zero attached hydrogens (tertiary/aromatic N) is 1. The second-order valence-electron chi connectivity index (χ2n) is 15.6. The van der Waals surface area contributed by atoms with E-state index in [4.69, 9.17) is 4.42 Å². The number of rotatable bonds is 5. The van der Waals surface area contributed by atoms with Gasteiger partial charge in [-0.2, -0.15) is 0 Å². The van der Waals surface area contributed by atoms with Gasteiger partial charge >= 0.3 is 0 Å². The van der Waals surface area contributed by atoms with Gasteiger partial charge in [-0.15, -0.1) is 0 Å². The van der Waals surface area contributed by atoms with Crippen molar-refractivity contribution >= 4 is 39.0 Å². The van der Waals surface area contributed by atoms with Gasteiger partial charge in [0.25, 0.3) is 0 Å². The molecule has 1 spiro atoms. The summed E-state index contributed by atoms with van der Waals surface area (Å²) in [5.74, 6) is 0. The lowest BCUT2D eigenvalue weighted by molar-refractivity contribution is 0.667. The van der Waals surface area contributed by atoms with Crippen LogP contribution in [0.4, 0.5) is 17.1 Å². The van der Waals surface area contributed by atoms with Crippen LogP contribution in [0.15, 0.2) is 211 Å². The second kappa shape index (κ2) is 12.5. The lowest BCUT2D eigenvalue weighted by Gasteiger charge is -2.32. The van der Waals surface area contributed by atoms with Gasteiger partial charge in [0.05, 0.1) is 11.1 Å². The van der Waals surface area contributed by atoms with Crippen molar-refractivity contribution in [3.8, 4) is 44.5 Å². The van der Waals surface area contributed by atoms with E-state index in [2.05, 4.69) is 218 Å². The molecule has 1 heterocycles. The Morgan fingerprint density at radius 2 is 0.862 bits per heavy atom. The molecular weight excluding hydrogens is 703 g/mol. The number of anilines is 3. The molecule has 0 fully saturated rings. The Kier molecular flexibility index (Phi) is 7.09. The quantitative estimate of drug-likeness (QED) is 0.175. The molecule has 0 saturated heterocycles. The highest BCUT2D eigenvalue weighted by Crippen LogP contribution is 2.63. The van der Waals surface area contributed by atoms with Crippen molar-refractivity contribution in [2.75, 3.05) is 4.90 Å². The molecule has 0 unspecified atom stereocenters. The molecule has 9 aromatic carbocycles. The maximum atomic E-state index is 6.60. The Balaban J connectivity index is 1.08. The molecule has 2 aliphatic carbocycles. The summed E-state index contributed by atoms with van der Waals surface area (Å²) in [7, 11) is 0. The molecule has 0 aliphatic heterocycles. The van der Waals surface area contributed by atoms with Crippen LogP contribution < -0.4 is 4.90 Å². The number of furan rings is 1. The van der Waals surface area contributed by atoms with Crippen molar-refractivity contribution in [1.29, 1.82) is 0 Å². The zero-order valence-corrected chi connectivity index (χ0v) is 32.0. The van der Waals surface area contributed by atoms with E-state index in [0.717, 1.165) is 55.7 Å². The zero-order valence-electron chi connectivity index (χ0n) is 32.0. The lowest BCUT2D eigenvalue weighted by Crippen LogP contribution is -2.26. The van der Waals surface area contributed by atoms with E-state index in [1.165, 1.54) is 55.6 Å². The molecular formula is C56H37NO. The molecule has 0 N–H and O–H groups in total. The number of aryl methyl sites for hydroxylation is 1. The Labute approximate surface area is 337 Å². The number of benzene rings is 9. The minimum Gasteiger partial charge on any atom is -0.455 e.